The molecule has 2 aromatic rings. The van der Waals surface area contributed by atoms with Gasteiger partial charge < -0.3 is 19.5 Å². The number of rotatable bonds is 3. The number of aromatic nitrogens is 1. The first-order chi connectivity index (χ1) is 13.2. The molecule has 27 heavy (non-hydrogen) atoms. The van der Waals surface area contributed by atoms with Crippen molar-refractivity contribution in [2.75, 3.05) is 26.2 Å². The topological polar surface area (TPSA) is 78.7 Å². The zero-order valence-electron chi connectivity index (χ0n) is 15.5. The molecule has 144 valence electrons. The molecule has 2 heterocycles. The van der Waals surface area contributed by atoms with Crippen molar-refractivity contribution in [1.82, 2.24) is 20.1 Å². The van der Waals surface area contributed by atoms with E-state index in [9.17, 15) is 9.59 Å². The highest BCUT2D eigenvalue weighted by Gasteiger charge is 2.24. The van der Waals surface area contributed by atoms with Gasteiger partial charge in [0.15, 0.2) is 12.0 Å². The lowest BCUT2D eigenvalue weighted by Gasteiger charge is -2.24. The summed E-state index contributed by atoms with van der Waals surface area (Å²) in [5.74, 6) is 0.0897. The van der Waals surface area contributed by atoms with Crippen molar-refractivity contribution in [2.24, 2.45) is 0 Å². The Bertz CT molecular complexity index is 812. The third-order valence-electron chi connectivity index (χ3n) is 5.57. The number of nitrogens with zero attached hydrogens (tertiary/aromatic N) is 3. The van der Waals surface area contributed by atoms with Crippen molar-refractivity contribution in [3.8, 4) is 0 Å². The highest BCUT2D eigenvalue weighted by Crippen LogP contribution is 2.18. The standard InChI is InChI=1S/C20H26N4O3/c25-19(13-15-6-7-17-18(12-15)27-14-21-17)23-8-3-9-24(11-10-23)20(26)22-16-4-1-2-5-16/h6-7,12,14,16H,1-5,8-11,13H2,(H,22,26). The Hall–Kier alpha value is -2.57. The van der Waals surface area contributed by atoms with Crippen LogP contribution >= 0.6 is 0 Å². The Kier molecular flexibility index (Phi) is 5.27. The molecule has 1 saturated heterocycles. The lowest BCUT2D eigenvalue weighted by atomic mass is 10.1. The fraction of sp³-hybridized carbons (Fsp3) is 0.550. The molecular formula is C20H26N4O3. The van der Waals surface area contributed by atoms with Gasteiger partial charge in [-0.05, 0) is 37.0 Å². The van der Waals surface area contributed by atoms with Gasteiger partial charge in [-0.2, -0.15) is 0 Å². The van der Waals surface area contributed by atoms with E-state index in [1.165, 1.54) is 19.2 Å². The average molecular weight is 370 g/mol. The normalized spacial score (nSPS) is 18.7. The molecule has 1 saturated carbocycles. The van der Waals surface area contributed by atoms with Crippen LogP contribution in [0.3, 0.4) is 0 Å². The van der Waals surface area contributed by atoms with E-state index in [-0.39, 0.29) is 11.9 Å². The summed E-state index contributed by atoms with van der Waals surface area (Å²) < 4.78 is 5.31. The third-order valence-corrected chi connectivity index (χ3v) is 5.57. The maximum absolute atomic E-state index is 12.7. The summed E-state index contributed by atoms with van der Waals surface area (Å²) in [6, 6.07) is 6.01. The predicted octanol–water partition coefficient (Wildman–Crippen LogP) is 2.56. The summed E-state index contributed by atoms with van der Waals surface area (Å²) in [7, 11) is 0. The maximum Gasteiger partial charge on any atom is 0.317 e. The van der Waals surface area contributed by atoms with E-state index in [4.69, 9.17) is 4.42 Å². The van der Waals surface area contributed by atoms with Gasteiger partial charge >= 0.3 is 6.03 Å². The van der Waals surface area contributed by atoms with Gasteiger partial charge in [-0.15, -0.1) is 0 Å². The quantitative estimate of drug-likeness (QED) is 0.901. The number of carbonyl (C=O) groups is 2. The Morgan fingerprint density at radius 3 is 2.70 bits per heavy atom. The molecule has 0 spiro atoms. The van der Waals surface area contributed by atoms with Gasteiger partial charge in [-0.1, -0.05) is 18.9 Å². The smallest absolute Gasteiger partial charge is 0.317 e. The minimum atomic E-state index is 0.0203. The van der Waals surface area contributed by atoms with Crippen LogP contribution in [-0.4, -0.2) is 58.9 Å². The van der Waals surface area contributed by atoms with Crippen LogP contribution in [0.15, 0.2) is 29.0 Å². The summed E-state index contributed by atoms with van der Waals surface area (Å²) >= 11 is 0. The van der Waals surface area contributed by atoms with Crippen LogP contribution in [0.2, 0.25) is 0 Å². The highest BCUT2D eigenvalue weighted by molar-refractivity contribution is 5.81. The molecular weight excluding hydrogens is 344 g/mol. The molecule has 4 rings (SSSR count). The molecule has 0 radical (unpaired) electrons. The van der Waals surface area contributed by atoms with E-state index in [1.807, 2.05) is 28.0 Å². The monoisotopic (exact) mass is 370 g/mol. The van der Waals surface area contributed by atoms with Crippen molar-refractivity contribution < 1.29 is 14.0 Å². The second-order valence-electron chi connectivity index (χ2n) is 7.48. The lowest BCUT2D eigenvalue weighted by Crippen LogP contribution is -2.45. The predicted molar refractivity (Wildman–Crippen MR) is 101 cm³/mol. The molecule has 7 heteroatoms. The van der Waals surface area contributed by atoms with Gasteiger partial charge in [-0.25, -0.2) is 9.78 Å². The van der Waals surface area contributed by atoms with Crippen LogP contribution in [0.4, 0.5) is 4.79 Å². The van der Waals surface area contributed by atoms with Gasteiger partial charge in [0.1, 0.15) is 5.52 Å². The molecule has 0 unspecified atom stereocenters. The number of benzene rings is 1. The number of fused-ring (bicyclic) bond motifs is 1. The Morgan fingerprint density at radius 2 is 1.85 bits per heavy atom. The maximum atomic E-state index is 12.7. The SMILES string of the molecule is O=C(Cc1ccc2ncoc2c1)N1CCCN(C(=O)NC2CCCC2)CC1. The number of urea groups is 1. The number of hydrogen-bond donors (Lipinski definition) is 1. The van der Waals surface area contributed by atoms with Gasteiger partial charge in [0.25, 0.3) is 0 Å². The van der Waals surface area contributed by atoms with Crippen molar-refractivity contribution in [2.45, 2.75) is 44.6 Å². The van der Waals surface area contributed by atoms with E-state index in [0.717, 1.165) is 30.3 Å². The molecule has 1 aliphatic carbocycles. The van der Waals surface area contributed by atoms with Crippen LogP contribution in [-0.2, 0) is 11.2 Å². The third kappa shape index (κ3) is 4.23. The van der Waals surface area contributed by atoms with Crippen molar-refractivity contribution in [3.63, 3.8) is 0 Å². The van der Waals surface area contributed by atoms with Gasteiger partial charge in [0.05, 0.1) is 6.42 Å². The molecule has 1 aromatic carbocycles. The molecule has 1 aliphatic heterocycles. The number of nitrogens with one attached hydrogen (secondary N) is 1. The number of hydrogen-bond acceptors (Lipinski definition) is 4. The number of amides is 3. The van der Waals surface area contributed by atoms with Crippen LogP contribution in [0.1, 0.15) is 37.7 Å². The van der Waals surface area contributed by atoms with Crippen LogP contribution in [0, 0.1) is 0 Å². The zero-order valence-corrected chi connectivity index (χ0v) is 15.5. The van der Waals surface area contributed by atoms with Crippen molar-refractivity contribution in [1.29, 1.82) is 0 Å². The van der Waals surface area contributed by atoms with Crippen LogP contribution in [0.25, 0.3) is 11.1 Å². The summed E-state index contributed by atoms with van der Waals surface area (Å²) in [6.45, 7) is 2.57. The van der Waals surface area contributed by atoms with E-state index < -0.39 is 0 Å². The minimum absolute atomic E-state index is 0.0203. The molecule has 3 amide bonds. The summed E-state index contributed by atoms with van der Waals surface area (Å²) in [4.78, 5) is 33.0. The summed E-state index contributed by atoms with van der Waals surface area (Å²) in [6.07, 6.45) is 7.13. The number of carbonyl (C=O) groups excluding carboxylic acids is 2. The van der Waals surface area contributed by atoms with E-state index in [2.05, 4.69) is 10.3 Å². The molecule has 2 fully saturated rings. The zero-order chi connectivity index (χ0) is 18.6. The minimum Gasteiger partial charge on any atom is -0.443 e. The molecule has 2 aliphatic rings. The van der Waals surface area contributed by atoms with Crippen LogP contribution in [0.5, 0.6) is 0 Å². The molecule has 1 aromatic heterocycles. The summed E-state index contributed by atoms with van der Waals surface area (Å²) in [5, 5.41) is 3.14. The fourth-order valence-corrected chi connectivity index (χ4v) is 4.00. The molecule has 0 atom stereocenters. The summed E-state index contributed by atoms with van der Waals surface area (Å²) in [5.41, 5.74) is 2.42. The first kappa shape index (κ1) is 17.8. The lowest BCUT2D eigenvalue weighted by molar-refractivity contribution is -0.130. The van der Waals surface area contributed by atoms with E-state index >= 15 is 0 Å². The second-order valence-corrected chi connectivity index (χ2v) is 7.48. The van der Waals surface area contributed by atoms with Gasteiger partial charge in [-0.3, -0.25) is 4.79 Å². The fourth-order valence-electron chi connectivity index (χ4n) is 4.00. The van der Waals surface area contributed by atoms with Crippen molar-refractivity contribution in [3.05, 3.63) is 30.2 Å². The van der Waals surface area contributed by atoms with Gasteiger partial charge in [0, 0.05) is 32.2 Å². The highest BCUT2D eigenvalue weighted by atomic mass is 16.3. The average Bonchev–Trinajstić information content (AvgIpc) is 3.27. The largest absolute Gasteiger partial charge is 0.443 e. The Balaban J connectivity index is 1.31. The first-order valence-corrected chi connectivity index (χ1v) is 9.84. The Morgan fingerprint density at radius 1 is 1.07 bits per heavy atom. The molecule has 7 nitrogen and oxygen atoms in total. The first-order valence-electron chi connectivity index (χ1n) is 9.84. The van der Waals surface area contributed by atoms with Crippen LogP contribution < -0.4 is 5.32 Å². The number of oxazole rings is 1. The van der Waals surface area contributed by atoms with E-state index in [1.54, 1.807) is 0 Å². The second kappa shape index (κ2) is 7.98. The van der Waals surface area contributed by atoms with Crippen molar-refractivity contribution >= 4 is 23.0 Å². The van der Waals surface area contributed by atoms with Gasteiger partial charge in [0.2, 0.25) is 5.91 Å². The molecule has 0 bridgehead atoms. The molecule has 1 N–H and O–H groups in total. The van der Waals surface area contributed by atoms with E-state index in [0.29, 0.717) is 44.2 Å². The Labute approximate surface area is 158 Å².